The van der Waals surface area contributed by atoms with Crippen molar-refractivity contribution in [2.75, 3.05) is 26.3 Å². The van der Waals surface area contributed by atoms with E-state index in [0.717, 1.165) is 61.0 Å². The number of aromatic nitrogens is 2. The summed E-state index contributed by atoms with van der Waals surface area (Å²) in [7, 11) is 0. The fourth-order valence-corrected chi connectivity index (χ4v) is 12.9. The monoisotopic (exact) mass is 946 g/mol. The van der Waals surface area contributed by atoms with Crippen molar-refractivity contribution in [1.82, 2.24) is 28.7 Å². The van der Waals surface area contributed by atoms with Gasteiger partial charge >= 0.3 is 0 Å². The van der Waals surface area contributed by atoms with Crippen LogP contribution in [0.5, 0.6) is 0 Å². The first kappa shape index (κ1) is 46.0. The summed E-state index contributed by atoms with van der Waals surface area (Å²) in [5.74, 6) is -1.45. The highest BCUT2D eigenvalue weighted by molar-refractivity contribution is 5.92. The summed E-state index contributed by atoms with van der Waals surface area (Å²) in [6.07, 6.45) is 12.2. The van der Waals surface area contributed by atoms with E-state index in [-0.39, 0.29) is 83.7 Å². The zero-order valence-electron chi connectivity index (χ0n) is 39.9. The van der Waals surface area contributed by atoms with E-state index in [1.54, 1.807) is 43.2 Å². The third kappa shape index (κ3) is 7.69. The van der Waals surface area contributed by atoms with Crippen LogP contribution < -0.4 is 11.1 Å². The Labute approximate surface area is 407 Å². The van der Waals surface area contributed by atoms with Crippen LogP contribution in [0.3, 0.4) is 0 Å². The molecule has 8 heterocycles. The number of rotatable bonds is 8. The SMILES string of the molecule is C/C=C/c1ccc2n(c1=O)C[C@@H]1[C@@H](CO)[C@H](C(=O)N3CCc4ccccc4C3)N(C(=O)C3CC3)[C@H]21.C/C=C\c1ccc2n(c1=O)C[C@@H]1[C@@H](CO)[C@H](C(=O)N3CCc4ccccc4C3)N(C(=O)C3CC3)[C@H]21. The molecule has 6 aliphatic heterocycles. The predicted molar refractivity (Wildman–Crippen MR) is 262 cm³/mol. The van der Waals surface area contributed by atoms with Crippen molar-refractivity contribution in [3.63, 3.8) is 0 Å². The summed E-state index contributed by atoms with van der Waals surface area (Å²) < 4.78 is 3.50. The van der Waals surface area contributed by atoms with Crippen LogP contribution in [0, 0.1) is 35.5 Å². The molecule has 0 unspecified atom stereocenters. The maximum absolute atomic E-state index is 14.0. The number of likely N-dealkylation sites (tertiary alicyclic amines) is 2. The molecule has 2 N–H and O–H groups in total. The molecule has 2 aliphatic carbocycles. The van der Waals surface area contributed by atoms with Gasteiger partial charge in [-0.05, 0) is 98.9 Å². The number of amides is 4. The average Bonchev–Trinajstić information content (AvgIpc) is 4.30. The molecule has 0 bridgehead atoms. The molecule has 0 radical (unpaired) electrons. The second-order valence-electron chi connectivity index (χ2n) is 20.7. The minimum Gasteiger partial charge on any atom is -0.396 e. The third-order valence-corrected chi connectivity index (χ3v) is 16.7. The minimum atomic E-state index is -0.701. The summed E-state index contributed by atoms with van der Waals surface area (Å²) in [6, 6.07) is 21.7. The van der Waals surface area contributed by atoms with Crippen molar-refractivity contribution in [2.45, 2.75) is 103 Å². The first-order chi connectivity index (χ1) is 34.1. The molecule has 4 amide bonds. The van der Waals surface area contributed by atoms with Crippen molar-refractivity contribution < 1.29 is 29.4 Å². The van der Waals surface area contributed by atoms with Gasteiger partial charge in [0.15, 0.2) is 0 Å². The number of nitrogens with zero attached hydrogens (tertiary/aromatic N) is 6. The van der Waals surface area contributed by atoms with Crippen LogP contribution in [0.25, 0.3) is 12.2 Å². The molecule has 364 valence electrons. The molecule has 0 spiro atoms. The van der Waals surface area contributed by atoms with Crippen LogP contribution in [-0.2, 0) is 58.2 Å². The van der Waals surface area contributed by atoms with E-state index in [4.69, 9.17) is 0 Å². The van der Waals surface area contributed by atoms with Crippen LogP contribution in [-0.4, -0.2) is 101 Å². The van der Waals surface area contributed by atoms with Gasteiger partial charge in [0.2, 0.25) is 23.6 Å². The molecule has 8 aliphatic rings. The Kier molecular flexibility index (Phi) is 12.1. The van der Waals surface area contributed by atoms with Gasteiger partial charge in [-0.15, -0.1) is 0 Å². The first-order valence-electron chi connectivity index (χ1n) is 25.4. The van der Waals surface area contributed by atoms with Gasteiger partial charge in [-0.1, -0.05) is 72.8 Å². The van der Waals surface area contributed by atoms with Crippen molar-refractivity contribution in [3.05, 3.63) is 150 Å². The summed E-state index contributed by atoms with van der Waals surface area (Å²) in [5, 5.41) is 21.0. The number of hydrogen-bond donors (Lipinski definition) is 2. The molecule has 4 aromatic rings. The van der Waals surface area contributed by atoms with Crippen LogP contribution >= 0.6 is 0 Å². The van der Waals surface area contributed by atoms with E-state index in [0.29, 0.717) is 50.4 Å². The van der Waals surface area contributed by atoms with Gasteiger partial charge < -0.3 is 38.9 Å². The smallest absolute Gasteiger partial charge is 0.258 e. The molecule has 12 rings (SSSR count). The Bertz CT molecular complexity index is 2750. The van der Waals surface area contributed by atoms with Crippen LogP contribution in [0.1, 0.15) is 96.4 Å². The highest BCUT2D eigenvalue weighted by Gasteiger charge is 2.61. The van der Waals surface area contributed by atoms with E-state index in [9.17, 15) is 39.0 Å². The molecule has 14 heteroatoms. The van der Waals surface area contributed by atoms with E-state index < -0.39 is 23.9 Å². The van der Waals surface area contributed by atoms with Gasteiger partial charge in [0.1, 0.15) is 12.1 Å². The summed E-state index contributed by atoms with van der Waals surface area (Å²) in [4.78, 5) is 88.9. The summed E-state index contributed by atoms with van der Waals surface area (Å²) in [6.45, 7) is 6.44. The molecule has 2 aromatic heterocycles. The van der Waals surface area contributed by atoms with E-state index in [2.05, 4.69) is 24.3 Å². The van der Waals surface area contributed by atoms with Gasteiger partial charge in [0.25, 0.3) is 11.1 Å². The zero-order valence-corrected chi connectivity index (χ0v) is 39.9. The zero-order chi connectivity index (χ0) is 48.5. The maximum atomic E-state index is 14.0. The van der Waals surface area contributed by atoms with Crippen molar-refractivity contribution in [2.24, 2.45) is 35.5 Å². The fraction of sp³-hybridized carbons (Fsp3) is 0.464. The maximum Gasteiger partial charge on any atom is 0.258 e. The number of carbonyl (C=O) groups is 4. The van der Waals surface area contributed by atoms with Gasteiger partial charge in [-0.25, -0.2) is 0 Å². The molecule has 14 nitrogen and oxygen atoms in total. The van der Waals surface area contributed by atoms with Crippen LogP contribution in [0.4, 0.5) is 0 Å². The molecular formula is C56H62N6O8. The highest BCUT2D eigenvalue weighted by Crippen LogP contribution is 2.53. The number of aliphatic hydroxyl groups excluding tert-OH is 2. The Morgan fingerprint density at radius 3 is 1.29 bits per heavy atom. The third-order valence-electron chi connectivity index (χ3n) is 16.7. The highest BCUT2D eigenvalue weighted by atomic mass is 16.3. The van der Waals surface area contributed by atoms with Crippen molar-refractivity contribution >= 4 is 35.8 Å². The summed E-state index contributed by atoms with van der Waals surface area (Å²) in [5.41, 5.74) is 7.40. The molecule has 2 saturated heterocycles. The number of allylic oxidation sites excluding steroid dienone is 2. The fourth-order valence-electron chi connectivity index (χ4n) is 12.9. The van der Waals surface area contributed by atoms with Crippen molar-refractivity contribution in [3.8, 4) is 0 Å². The van der Waals surface area contributed by atoms with Crippen molar-refractivity contribution in [1.29, 1.82) is 0 Å². The minimum absolute atomic E-state index is 0.00913. The normalized spacial score (nSPS) is 27.1. The van der Waals surface area contributed by atoms with E-state index in [1.807, 2.05) is 72.2 Å². The Morgan fingerprint density at radius 2 is 0.929 bits per heavy atom. The van der Waals surface area contributed by atoms with E-state index in [1.165, 1.54) is 11.1 Å². The lowest BCUT2D eigenvalue weighted by molar-refractivity contribution is -0.148. The van der Waals surface area contributed by atoms with Gasteiger partial charge in [-0.3, -0.25) is 28.8 Å². The topological polar surface area (TPSA) is 166 Å². The van der Waals surface area contributed by atoms with Gasteiger partial charge in [0, 0.05) is 111 Å². The number of carbonyl (C=O) groups excluding carboxylic acids is 4. The second kappa shape index (κ2) is 18.4. The number of fused-ring (bicyclic) bond motifs is 8. The molecular weight excluding hydrogens is 885 g/mol. The quantitative estimate of drug-likeness (QED) is 0.256. The number of benzene rings is 2. The Balaban J connectivity index is 0.000000152. The first-order valence-corrected chi connectivity index (χ1v) is 25.4. The average molecular weight is 947 g/mol. The second-order valence-corrected chi connectivity index (χ2v) is 20.7. The summed E-state index contributed by atoms with van der Waals surface area (Å²) >= 11 is 0. The lowest BCUT2D eigenvalue weighted by atomic mass is 9.87. The molecule has 2 saturated carbocycles. The Morgan fingerprint density at radius 1 is 0.543 bits per heavy atom. The molecule has 70 heavy (non-hydrogen) atoms. The molecule has 4 fully saturated rings. The predicted octanol–water partition coefficient (Wildman–Crippen LogP) is 4.73. The number of pyridine rings is 2. The van der Waals surface area contributed by atoms with E-state index >= 15 is 0 Å². The lowest BCUT2D eigenvalue weighted by Crippen LogP contribution is -2.53. The van der Waals surface area contributed by atoms with Gasteiger partial charge in [0.05, 0.1) is 12.1 Å². The largest absolute Gasteiger partial charge is 0.396 e. The number of aliphatic hydroxyl groups is 2. The van der Waals surface area contributed by atoms with Gasteiger partial charge in [-0.2, -0.15) is 0 Å². The molecule has 2 aromatic carbocycles. The number of hydrogen-bond acceptors (Lipinski definition) is 8. The van der Waals surface area contributed by atoms with Crippen LogP contribution in [0.2, 0.25) is 0 Å². The lowest BCUT2D eigenvalue weighted by Gasteiger charge is -2.37. The van der Waals surface area contributed by atoms with Crippen LogP contribution in [0.15, 0.2) is 94.5 Å². The Hall–Kier alpha value is -6.38. The standard InChI is InChI=1S/2C28H31N3O4/c2*1-2-5-18-10-11-23-24-21(15-30(23)26(18)33)22(16-32)25(31(24)27(34)19-8-9-19)28(35)29-13-12-17-6-3-4-7-20(17)14-29/h2*2-7,10-11,19,21-22,24-25,32H,8-9,12-16H2,1H3/b5-2+;5-2-/t2*21-,22-,24+,25-/m11/s1. The molecule has 8 atom stereocenters.